The average molecular weight is 477 g/mol. The lowest BCUT2D eigenvalue weighted by Crippen LogP contribution is -2.80. The monoisotopic (exact) mass is 476 g/mol. The van der Waals surface area contributed by atoms with Crippen molar-refractivity contribution >= 4 is 12.0 Å². The number of aliphatic hydroxyl groups is 1. The maximum Gasteiger partial charge on any atom is 0.246 e. The minimum Gasteiger partial charge on any atom is -0.504 e. The highest BCUT2D eigenvalue weighted by Gasteiger charge is 2.75. The third kappa shape index (κ3) is 2.82. The van der Waals surface area contributed by atoms with Crippen molar-refractivity contribution in [3.8, 4) is 11.5 Å². The van der Waals surface area contributed by atoms with Gasteiger partial charge in [0.05, 0.1) is 29.6 Å². The molecule has 7 nitrogen and oxygen atoms in total. The van der Waals surface area contributed by atoms with Crippen LogP contribution in [0.3, 0.4) is 0 Å². The number of amides is 1. The number of phenolic OH excluding ortho intramolecular Hbond substituents is 1. The molecule has 2 fully saturated rings. The highest BCUT2D eigenvalue weighted by molar-refractivity contribution is 5.92. The van der Waals surface area contributed by atoms with Crippen LogP contribution in [-0.4, -0.2) is 69.8 Å². The van der Waals surface area contributed by atoms with Crippen LogP contribution in [0.15, 0.2) is 53.9 Å². The molecule has 6 rings (SSSR count). The van der Waals surface area contributed by atoms with Gasteiger partial charge in [0.2, 0.25) is 5.91 Å². The Morgan fingerprint density at radius 1 is 1.37 bits per heavy atom. The van der Waals surface area contributed by atoms with Gasteiger partial charge in [0, 0.05) is 36.8 Å². The number of hydrogen-bond donors (Lipinski definition) is 2. The highest BCUT2D eigenvalue weighted by atomic mass is 16.5. The molecule has 3 unspecified atom stereocenters. The van der Waals surface area contributed by atoms with Gasteiger partial charge in [0.15, 0.2) is 11.5 Å². The van der Waals surface area contributed by atoms with Gasteiger partial charge in [-0.1, -0.05) is 19.1 Å². The largest absolute Gasteiger partial charge is 0.504 e. The normalized spacial score (nSPS) is 34.9. The number of likely N-dealkylation sites (tertiary alicyclic amines) is 1. The maximum absolute atomic E-state index is 13.2. The summed E-state index contributed by atoms with van der Waals surface area (Å²) in [6.07, 6.45) is 9.89. The molecule has 0 radical (unpaired) electrons. The fraction of sp³-hybridized carbons (Fsp3) is 0.464. The second-order valence-electron chi connectivity index (χ2n) is 10.6. The standard InChI is InChI=1S/C28H32N2O5/c1-4-11-30-12-10-27-24-19-6-7-21(31)25(24)35-26(27)20(14-17(2)28(27,33)22(30)15-19)29(3)23(32)8-5-18-9-13-34-16-18/h4-9,13,16-17,20,22,26,31,33H,1,10-12,14-15H2,2-3H3/b8-5+/t17?,20?,22-,26?,27+,28-/m1/s1. The Morgan fingerprint density at radius 2 is 2.20 bits per heavy atom. The van der Waals surface area contributed by atoms with E-state index in [2.05, 4.69) is 18.4 Å². The van der Waals surface area contributed by atoms with Gasteiger partial charge in [-0.05, 0) is 55.5 Å². The van der Waals surface area contributed by atoms with Crippen LogP contribution in [0.4, 0.5) is 0 Å². The van der Waals surface area contributed by atoms with E-state index in [9.17, 15) is 15.0 Å². The molecule has 1 saturated heterocycles. The van der Waals surface area contributed by atoms with Crippen LogP contribution >= 0.6 is 0 Å². The molecule has 35 heavy (non-hydrogen) atoms. The van der Waals surface area contributed by atoms with Gasteiger partial charge in [-0.3, -0.25) is 9.69 Å². The number of nitrogens with zero attached hydrogens (tertiary/aromatic N) is 2. The molecular formula is C28H32N2O5. The topological polar surface area (TPSA) is 86.4 Å². The van der Waals surface area contributed by atoms with Crippen LogP contribution in [0.2, 0.25) is 0 Å². The Morgan fingerprint density at radius 3 is 2.94 bits per heavy atom. The Kier molecular flexibility index (Phi) is 4.96. The minimum absolute atomic E-state index is 0.0821. The molecule has 4 aliphatic rings. The lowest BCUT2D eigenvalue weighted by atomic mass is 9.45. The number of likely N-dealkylation sites (N-methyl/N-ethyl adjacent to an activating group) is 1. The summed E-state index contributed by atoms with van der Waals surface area (Å²) < 4.78 is 11.7. The van der Waals surface area contributed by atoms with Gasteiger partial charge < -0.3 is 24.3 Å². The third-order valence-electron chi connectivity index (χ3n) is 9.14. The van der Waals surface area contributed by atoms with Crippen LogP contribution in [0.5, 0.6) is 11.5 Å². The molecular weight excluding hydrogens is 444 g/mol. The molecule has 3 heterocycles. The quantitative estimate of drug-likeness (QED) is 0.510. The van der Waals surface area contributed by atoms with Crippen molar-refractivity contribution in [2.45, 2.75) is 55.4 Å². The number of carbonyl (C=O) groups excluding carboxylic acids is 1. The van der Waals surface area contributed by atoms with Gasteiger partial charge >= 0.3 is 0 Å². The number of phenols is 1. The van der Waals surface area contributed by atoms with E-state index in [-0.39, 0.29) is 29.7 Å². The van der Waals surface area contributed by atoms with Gasteiger partial charge in [-0.15, -0.1) is 6.58 Å². The fourth-order valence-corrected chi connectivity index (χ4v) is 7.61. The van der Waals surface area contributed by atoms with Gasteiger partial charge in [-0.2, -0.15) is 0 Å². The van der Waals surface area contributed by atoms with Gasteiger partial charge in [0.1, 0.15) is 6.10 Å². The first-order valence-corrected chi connectivity index (χ1v) is 12.4. The number of benzene rings is 1. The predicted octanol–water partition coefficient (Wildman–Crippen LogP) is 3.11. The van der Waals surface area contributed by atoms with E-state index in [1.807, 2.05) is 12.1 Å². The van der Waals surface area contributed by atoms with Crippen LogP contribution in [0.1, 0.15) is 36.5 Å². The number of rotatable bonds is 5. The molecule has 1 spiro atoms. The molecule has 1 amide bonds. The predicted molar refractivity (Wildman–Crippen MR) is 131 cm³/mol. The van der Waals surface area contributed by atoms with Crippen molar-refractivity contribution in [1.29, 1.82) is 0 Å². The number of hydrogen-bond acceptors (Lipinski definition) is 6. The zero-order valence-electron chi connectivity index (χ0n) is 20.2. The van der Waals surface area contributed by atoms with Crippen molar-refractivity contribution in [2.24, 2.45) is 5.92 Å². The van der Waals surface area contributed by atoms with E-state index in [0.29, 0.717) is 31.6 Å². The molecule has 2 aromatic rings. The first kappa shape index (κ1) is 22.4. The SMILES string of the molecule is C=CCN1CC[C@]23c4c5ccc(O)c4OC2C(N(C)C(=O)/C=C/c2ccoc2)CC(C)[C@@]3(O)[C@H]1C5. The number of furan rings is 1. The maximum atomic E-state index is 13.2. The lowest BCUT2D eigenvalue weighted by molar-refractivity contribution is -0.222. The summed E-state index contributed by atoms with van der Waals surface area (Å²) in [5.41, 5.74) is 1.15. The van der Waals surface area contributed by atoms with E-state index in [4.69, 9.17) is 9.15 Å². The number of carbonyl (C=O) groups is 1. The highest BCUT2D eigenvalue weighted by Crippen LogP contribution is 2.67. The van der Waals surface area contributed by atoms with Crippen LogP contribution in [0.25, 0.3) is 6.08 Å². The summed E-state index contributed by atoms with van der Waals surface area (Å²) >= 11 is 0. The molecule has 1 aromatic heterocycles. The average Bonchev–Trinajstić information content (AvgIpc) is 3.48. The van der Waals surface area contributed by atoms with Crippen molar-refractivity contribution in [1.82, 2.24) is 9.80 Å². The minimum atomic E-state index is -1.04. The number of piperidine rings is 1. The lowest BCUT2D eigenvalue weighted by Gasteiger charge is -2.66. The summed E-state index contributed by atoms with van der Waals surface area (Å²) in [5.74, 6) is 0.364. The molecule has 2 aliphatic heterocycles. The second kappa shape index (κ2) is 7.73. The van der Waals surface area contributed by atoms with Crippen LogP contribution in [-0.2, 0) is 16.6 Å². The first-order chi connectivity index (χ1) is 16.8. The smallest absolute Gasteiger partial charge is 0.246 e. The molecule has 6 atom stereocenters. The summed E-state index contributed by atoms with van der Waals surface area (Å²) in [7, 11) is 1.81. The second-order valence-corrected chi connectivity index (χ2v) is 10.6. The van der Waals surface area contributed by atoms with Crippen molar-refractivity contribution in [3.05, 3.63) is 66.1 Å². The van der Waals surface area contributed by atoms with E-state index in [1.165, 1.54) is 0 Å². The third-order valence-corrected chi connectivity index (χ3v) is 9.14. The Hall–Kier alpha value is -3.03. The number of ether oxygens (including phenoxy) is 1. The van der Waals surface area contributed by atoms with Gasteiger partial charge in [0.25, 0.3) is 0 Å². The zero-order valence-corrected chi connectivity index (χ0v) is 20.2. The molecule has 2 bridgehead atoms. The van der Waals surface area contributed by atoms with Crippen molar-refractivity contribution in [2.75, 3.05) is 20.1 Å². The summed E-state index contributed by atoms with van der Waals surface area (Å²) in [6, 6.07) is 5.13. The first-order valence-electron chi connectivity index (χ1n) is 12.4. The van der Waals surface area contributed by atoms with E-state index < -0.39 is 17.1 Å². The van der Waals surface area contributed by atoms with Crippen LogP contribution in [0, 0.1) is 5.92 Å². The summed E-state index contributed by atoms with van der Waals surface area (Å²) in [6.45, 7) is 7.54. The summed E-state index contributed by atoms with van der Waals surface area (Å²) in [5, 5.41) is 23.5. The molecule has 2 aliphatic carbocycles. The van der Waals surface area contributed by atoms with E-state index in [1.54, 1.807) is 48.8 Å². The summed E-state index contributed by atoms with van der Waals surface area (Å²) in [4.78, 5) is 17.3. The van der Waals surface area contributed by atoms with Crippen molar-refractivity contribution in [3.63, 3.8) is 0 Å². The number of aromatic hydroxyl groups is 1. The zero-order chi connectivity index (χ0) is 24.5. The molecule has 7 heteroatoms. The van der Waals surface area contributed by atoms with E-state index >= 15 is 0 Å². The molecule has 184 valence electrons. The fourth-order valence-electron chi connectivity index (χ4n) is 7.61. The van der Waals surface area contributed by atoms with Crippen molar-refractivity contribution < 1.29 is 24.2 Å². The molecule has 2 N–H and O–H groups in total. The molecule has 1 saturated carbocycles. The van der Waals surface area contributed by atoms with E-state index in [0.717, 1.165) is 23.2 Å². The Balaban J connectivity index is 1.45. The Labute approximate surface area is 205 Å². The molecule has 1 aromatic carbocycles. The Bertz CT molecular complexity index is 1210. The van der Waals surface area contributed by atoms with Gasteiger partial charge in [-0.25, -0.2) is 0 Å². The van der Waals surface area contributed by atoms with Crippen LogP contribution < -0.4 is 4.74 Å².